The molecule has 0 saturated carbocycles. The molecule has 0 aliphatic carbocycles. The number of amides is 2. The minimum atomic E-state index is -0.247. The lowest BCUT2D eigenvalue weighted by Crippen LogP contribution is -2.36. The quantitative estimate of drug-likeness (QED) is 0.803. The van der Waals surface area contributed by atoms with E-state index >= 15 is 0 Å². The molecule has 0 unspecified atom stereocenters. The Balaban J connectivity index is 2.11. The third-order valence-corrected chi connectivity index (χ3v) is 3.41. The summed E-state index contributed by atoms with van der Waals surface area (Å²) in [6, 6.07) is 6.77. The highest BCUT2D eigenvalue weighted by molar-refractivity contribution is 5.89. The molecule has 2 aromatic rings. The summed E-state index contributed by atoms with van der Waals surface area (Å²) in [5, 5.41) is 2.85. The van der Waals surface area contributed by atoms with E-state index in [1.165, 1.54) is 0 Å². The topological polar surface area (TPSA) is 73.2 Å². The van der Waals surface area contributed by atoms with Gasteiger partial charge in [-0.1, -0.05) is 0 Å². The van der Waals surface area contributed by atoms with Gasteiger partial charge in [-0.05, 0) is 6.07 Å². The maximum atomic E-state index is 12.6. The Morgan fingerprint density at radius 3 is 2.42 bits per heavy atom. The Morgan fingerprint density at radius 1 is 1.17 bits per heavy atom. The molecule has 7 heteroatoms. The lowest BCUT2D eigenvalue weighted by molar-refractivity contribution is 0.152. The van der Waals surface area contributed by atoms with Crippen LogP contribution in [-0.2, 0) is 11.3 Å². The zero-order valence-corrected chi connectivity index (χ0v) is 14.1. The van der Waals surface area contributed by atoms with Crippen LogP contribution in [0, 0.1) is 0 Å². The monoisotopic (exact) mass is 334 g/mol. The molecular formula is C17H22N2O5. The number of carbonyl (C=O) groups excluding carboxylic acids is 1. The number of anilines is 1. The van der Waals surface area contributed by atoms with Crippen LogP contribution in [0.2, 0.25) is 0 Å². The highest BCUT2D eigenvalue weighted by Gasteiger charge is 2.15. The van der Waals surface area contributed by atoms with Gasteiger partial charge < -0.3 is 28.8 Å². The van der Waals surface area contributed by atoms with Crippen molar-refractivity contribution in [2.45, 2.75) is 6.54 Å². The number of hydrogen-bond acceptors (Lipinski definition) is 5. The van der Waals surface area contributed by atoms with Crippen molar-refractivity contribution in [3.63, 3.8) is 0 Å². The molecular weight excluding hydrogens is 312 g/mol. The van der Waals surface area contributed by atoms with E-state index in [0.717, 1.165) is 5.56 Å². The number of carbonyl (C=O) groups is 1. The molecule has 0 aliphatic rings. The molecule has 0 saturated heterocycles. The maximum Gasteiger partial charge on any atom is 0.322 e. The summed E-state index contributed by atoms with van der Waals surface area (Å²) < 4.78 is 20.6. The summed E-state index contributed by atoms with van der Waals surface area (Å²) in [6.07, 6.45) is 3.19. The normalized spacial score (nSPS) is 10.3. The number of nitrogens with one attached hydrogen (secondary N) is 1. The van der Waals surface area contributed by atoms with Gasteiger partial charge in [0.05, 0.1) is 39.9 Å². The molecule has 24 heavy (non-hydrogen) atoms. The molecule has 7 nitrogen and oxygen atoms in total. The fourth-order valence-electron chi connectivity index (χ4n) is 2.14. The van der Waals surface area contributed by atoms with E-state index in [2.05, 4.69) is 5.32 Å². The van der Waals surface area contributed by atoms with Gasteiger partial charge in [-0.25, -0.2) is 4.79 Å². The third-order valence-electron chi connectivity index (χ3n) is 3.41. The van der Waals surface area contributed by atoms with Crippen LogP contribution in [0.25, 0.3) is 0 Å². The maximum absolute atomic E-state index is 12.6. The van der Waals surface area contributed by atoms with Crippen molar-refractivity contribution < 1.29 is 23.4 Å². The summed E-state index contributed by atoms with van der Waals surface area (Å²) in [5.41, 5.74) is 1.50. The smallest absolute Gasteiger partial charge is 0.322 e. The SMILES string of the molecule is COCCN(Cc1ccoc1)C(=O)Nc1cc(OC)cc(OC)c1. The Bertz CT molecular complexity index is 620. The van der Waals surface area contributed by atoms with Gasteiger partial charge in [0.1, 0.15) is 11.5 Å². The fraction of sp³-hybridized carbons (Fsp3) is 0.353. The second kappa shape index (κ2) is 8.83. The van der Waals surface area contributed by atoms with Crippen LogP contribution in [-0.4, -0.2) is 45.4 Å². The molecule has 1 heterocycles. The molecule has 0 radical (unpaired) electrons. The molecule has 0 aliphatic heterocycles. The van der Waals surface area contributed by atoms with Gasteiger partial charge in [-0.15, -0.1) is 0 Å². The number of benzene rings is 1. The molecule has 130 valence electrons. The van der Waals surface area contributed by atoms with Gasteiger partial charge in [-0.2, -0.15) is 0 Å². The number of rotatable bonds is 8. The first-order valence-electron chi connectivity index (χ1n) is 7.45. The van der Waals surface area contributed by atoms with E-state index in [0.29, 0.717) is 36.9 Å². The summed E-state index contributed by atoms with van der Waals surface area (Å²) >= 11 is 0. The van der Waals surface area contributed by atoms with Gasteiger partial charge in [0.25, 0.3) is 0 Å². The molecule has 0 atom stereocenters. The lowest BCUT2D eigenvalue weighted by Gasteiger charge is -2.22. The van der Waals surface area contributed by atoms with Crippen LogP contribution < -0.4 is 14.8 Å². The second-order valence-electron chi connectivity index (χ2n) is 5.08. The first-order valence-corrected chi connectivity index (χ1v) is 7.45. The summed E-state index contributed by atoms with van der Waals surface area (Å²) in [6.45, 7) is 1.31. The summed E-state index contributed by atoms with van der Waals surface area (Å²) in [4.78, 5) is 14.2. The predicted molar refractivity (Wildman–Crippen MR) is 89.6 cm³/mol. The predicted octanol–water partition coefficient (Wildman–Crippen LogP) is 2.98. The summed E-state index contributed by atoms with van der Waals surface area (Å²) in [7, 11) is 4.72. The molecule has 1 aromatic carbocycles. The zero-order valence-electron chi connectivity index (χ0n) is 14.1. The standard InChI is InChI=1S/C17H22N2O5/c1-21-7-5-19(11-13-4-6-24-12-13)17(20)18-14-8-15(22-2)10-16(9-14)23-3/h4,6,8-10,12H,5,7,11H2,1-3H3,(H,18,20). The number of furan rings is 1. The Hall–Kier alpha value is -2.67. The van der Waals surface area contributed by atoms with Gasteiger partial charge in [0.2, 0.25) is 0 Å². The molecule has 1 N–H and O–H groups in total. The molecule has 0 spiro atoms. The number of methoxy groups -OCH3 is 3. The first kappa shape index (κ1) is 17.7. The third kappa shape index (κ3) is 4.92. The van der Waals surface area contributed by atoms with Crippen molar-refractivity contribution in [2.75, 3.05) is 39.8 Å². The Labute approximate surface area is 141 Å². The molecule has 2 amide bonds. The van der Waals surface area contributed by atoms with E-state index in [4.69, 9.17) is 18.6 Å². The van der Waals surface area contributed by atoms with E-state index in [1.54, 1.807) is 57.0 Å². The Morgan fingerprint density at radius 2 is 1.88 bits per heavy atom. The number of hydrogen-bond donors (Lipinski definition) is 1. The molecule has 0 fully saturated rings. The minimum Gasteiger partial charge on any atom is -0.497 e. The van der Waals surface area contributed by atoms with E-state index in [-0.39, 0.29) is 6.03 Å². The number of urea groups is 1. The van der Waals surface area contributed by atoms with Crippen molar-refractivity contribution in [1.29, 1.82) is 0 Å². The van der Waals surface area contributed by atoms with Crippen molar-refractivity contribution in [3.05, 3.63) is 42.4 Å². The van der Waals surface area contributed by atoms with Gasteiger partial charge in [0, 0.05) is 43.1 Å². The zero-order chi connectivity index (χ0) is 17.4. The van der Waals surface area contributed by atoms with Crippen LogP contribution in [0.5, 0.6) is 11.5 Å². The van der Waals surface area contributed by atoms with Crippen molar-refractivity contribution >= 4 is 11.7 Å². The molecule has 2 rings (SSSR count). The van der Waals surface area contributed by atoms with Crippen LogP contribution >= 0.6 is 0 Å². The molecule has 0 bridgehead atoms. The van der Waals surface area contributed by atoms with Crippen LogP contribution in [0.1, 0.15) is 5.56 Å². The van der Waals surface area contributed by atoms with Crippen LogP contribution in [0.4, 0.5) is 10.5 Å². The minimum absolute atomic E-state index is 0.247. The summed E-state index contributed by atoms with van der Waals surface area (Å²) in [5.74, 6) is 1.20. The molecule has 1 aromatic heterocycles. The lowest BCUT2D eigenvalue weighted by atomic mass is 10.2. The fourth-order valence-corrected chi connectivity index (χ4v) is 2.14. The van der Waals surface area contributed by atoms with Crippen molar-refractivity contribution in [1.82, 2.24) is 4.90 Å². The average Bonchev–Trinajstić information content (AvgIpc) is 3.11. The Kier molecular flexibility index (Phi) is 6.51. The van der Waals surface area contributed by atoms with Crippen molar-refractivity contribution in [3.8, 4) is 11.5 Å². The van der Waals surface area contributed by atoms with E-state index < -0.39 is 0 Å². The van der Waals surface area contributed by atoms with Gasteiger partial charge in [0.15, 0.2) is 0 Å². The van der Waals surface area contributed by atoms with Gasteiger partial charge in [-0.3, -0.25) is 0 Å². The van der Waals surface area contributed by atoms with E-state index in [9.17, 15) is 4.79 Å². The average molecular weight is 334 g/mol. The van der Waals surface area contributed by atoms with Crippen molar-refractivity contribution in [2.24, 2.45) is 0 Å². The largest absolute Gasteiger partial charge is 0.497 e. The van der Waals surface area contributed by atoms with Crippen LogP contribution in [0.3, 0.4) is 0 Å². The van der Waals surface area contributed by atoms with Gasteiger partial charge >= 0.3 is 6.03 Å². The highest BCUT2D eigenvalue weighted by atomic mass is 16.5. The number of nitrogens with zero attached hydrogens (tertiary/aromatic N) is 1. The number of ether oxygens (including phenoxy) is 3. The second-order valence-corrected chi connectivity index (χ2v) is 5.08. The highest BCUT2D eigenvalue weighted by Crippen LogP contribution is 2.26. The van der Waals surface area contributed by atoms with Crippen LogP contribution in [0.15, 0.2) is 41.2 Å². The first-order chi connectivity index (χ1) is 11.7. The van der Waals surface area contributed by atoms with E-state index in [1.807, 2.05) is 6.07 Å².